The maximum absolute atomic E-state index is 9.92. The Hall–Kier alpha value is -0.420. The quantitative estimate of drug-likeness (QED) is 0.499. The number of carbonyl (C=O) groups is 1. The van der Waals surface area contributed by atoms with Crippen LogP contribution in [0.25, 0.3) is 0 Å². The van der Waals surface area contributed by atoms with E-state index in [9.17, 15) is 9.36 Å². The Bertz CT molecular complexity index is 153. The SMILES string of the molecule is COP(C)(=O)O.NCC(=O)O. The third-order valence-corrected chi connectivity index (χ3v) is 1.19. The molecule has 0 bridgehead atoms. The Kier molecular flexibility index (Phi) is 7.55. The lowest BCUT2D eigenvalue weighted by molar-refractivity contribution is -0.135. The molecule has 0 aliphatic heterocycles. The molecule has 0 aromatic rings. The van der Waals surface area contributed by atoms with Crippen molar-refractivity contribution in [3.05, 3.63) is 0 Å². The lowest BCUT2D eigenvalue weighted by Gasteiger charge is -1.96. The van der Waals surface area contributed by atoms with Crippen molar-refractivity contribution < 1.29 is 23.9 Å². The summed E-state index contributed by atoms with van der Waals surface area (Å²) in [7, 11) is -1.95. The lowest BCUT2D eigenvalue weighted by Crippen LogP contribution is -2.10. The summed E-state index contributed by atoms with van der Waals surface area (Å²) in [5.41, 5.74) is 4.57. The molecular formula is C4H12NO5P. The molecule has 0 spiro atoms. The van der Waals surface area contributed by atoms with Gasteiger partial charge in [0.1, 0.15) is 0 Å². The Balaban J connectivity index is 0. The molecule has 7 heteroatoms. The summed E-state index contributed by atoms with van der Waals surface area (Å²) in [5, 5.41) is 7.60. The predicted molar refractivity (Wildman–Crippen MR) is 39.4 cm³/mol. The van der Waals surface area contributed by atoms with E-state index in [1.165, 1.54) is 7.11 Å². The fraction of sp³-hybridized carbons (Fsp3) is 0.750. The number of hydrogen-bond acceptors (Lipinski definition) is 4. The molecule has 0 saturated heterocycles. The summed E-state index contributed by atoms with van der Waals surface area (Å²) in [4.78, 5) is 17.4. The molecule has 0 aromatic carbocycles. The zero-order valence-electron chi connectivity index (χ0n) is 6.35. The largest absolute Gasteiger partial charge is 0.480 e. The molecule has 0 rings (SSSR count). The minimum Gasteiger partial charge on any atom is -0.480 e. The van der Waals surface area contributed by atoms with Crippen LogP contribution >= 0.6 is 7.60 Å². The Labute approximate surface area is 64.5 Å². The number of rotatable bonds is 2. The highest BCUT2D eigenvalue weighted by atomic mass is 31.2. The summed E-state index contributed by atoms with van der Waals surface area (Å²) in [6.45, 7) is 0.854. The van der Waals surface area contributed by atoms with Crippen LogP contribution in [0.4, 0.5) is 0 Å². The molecule has 0 radical (unpaired) electrons. The van der Waals surface area contributed by atoms with Gasteiger partial charge in [-0.15, -0.1) is 0 Å². The number of carboxylic acid groups (broad SMARTS) is 1. The summed E-state index contributed by atoms with van der Waals surface area (Å²) < 4.78 is 14.0. The van der Waals surface area contributed by atoms with Crippen LogP contribution in [-0.2, 0) is 13.9 Å². The van der Waals surface area contributed by atoms with Crippen LogP contribution in [-0.4, -0.2) is 36.3 Å². The highest BCUT2D eigenvalue weighted by Crippen LogP contribution is 2.34. The molecule has 0 heterocycles. The zero-order valence-corrected chi connectivity index (χ0v) is 7.25. The fourth-order valence-electron chi connectivity index (χ4n) is 0. The highest BCUT2D eigenvalue weighted by Gasteiger charge is 2.02. The van der Waals surface area contributed by atoms with Crippen LogP contribution in [0.1, 0.15) is 0 Å². The molecule has 4 N–H and O–H groups in total. The summed E-state index contributed by atoms with van der Waals surface area (Å²) >= 11 is 0. The predicted octanol–water partition coefficient (Wildman–Crippen LogP) is -0.522. The molecule has 68 valence electrons. The summed E-state index contributed by atoms with van der Waals surface area (Å²) in [6, 6.07) is 0. The lowest BCUT2D eigenvalue weighted by atomic mass is 10.7. The topological polar surface area (TPSA) is 110 Å². The first-order valence-electron chi connectivity index (χ1n) is 2.61. The summed E-state index contributed by atoms with van der Waals surface area (Å²) in [5.74, 6) is -0.968. The molecule has 1 atom stereocenters. The maximum atomic E-state index is 9.92. The van der Waals surface area contributed by atoms with Crippen LogP contribution in [0.3, 0.4) is 0 Å². The van der Waals surface area contributed by atoms with Crippen LogP contribution in [0.2, 0.25) is 0 Å². The van der Waals surface area contributed by atoms with E-state index in [-0.39, 0.29) is 6.54 Å². The zero-order chi connectivity index (χ0) is 9.49. The molecule has 0 fully saturated rings. The Morgan fingerprint density at radius 3 is 1.91 bits per heavy atom. The van der Waals surface area contributed by atoms with E-state index in [2.05, 4.69) is 10.3 Å². The third kappa shape index (κ3) is 26.2. The van der Waals surface area contributed by atoms with Crippen molar-refractivity contribution in [2.75, 3.05) is 20.3 Å². The number of nitrogens with two attached hydrogens (primary N) is 1. The first-order chi connectivity index (χ1) is 4.83. The van der Waals surface area contributed by atoms with E-state index < -0.39 is 13.6 Å². The standard InChI is InChI=1S/C2H5NO2.C2H7O3P/c3-1-2(4)5;1-5-6(2,3)4/h1,3H2,(H,4,5);1-2H3,(H,3,4). The van der Waals surface area contributed by atoms with E-state index in [1.807, 2.05) is 0 Å². The van der Waals surface area contributed by atoms with Gasteiger partial charge in [-0.1, -0.05) is 0 Å². The van der Waals surface area contributed by atoms with Crippen LogP contribution in [0, 0.1) is 0 Å². The smallest absolute Gasteiger partial charge is 0.324 e. The second-order valence-corrected chi connectivity index (χ2v) is 3.55. The number of aliphatic carboxylic acids is 1. The van der Waals surface area contributed by atoms with E-state index in [0.717, 1.165) is 6.66 Å². The first kappa shape index (κ1) is 13.2. The van der Waals surface area contributed by atoms with Crippen molar-refractivity contribution in [3.63, 3.8) is 0 Å². The summed E-state index contributed by atoms with van der Waals surface area (Å²) in [6.07, 6.45) is 0. The van der Waals surface area contributed by atoms with Crippen molar-refractivity contribution in [2.24, 2.45) is 5.73 Å². The van der Waals surface area contributed by atoms with Crippen LogP contribution < -0.4 is 5.73 Å². The number of carboxylic acids is 1. The van der Waals surface area contributed by atoms with Crippen molar-refractivity contribution in [3.8, 4) is 0 Å². The maximum Gasteiger partial charge on any atom is 0.324 e. The Morgan fingerprint density at radius 2 is 1.91 bits per heavy atom. The number of hydrogen-bond donors (Lipinski definition) is 3. The van der Waals surface area contributed by atoms with E-state index in [1.54, 1.807) is 0 Å². The van der Waals surface area contributed by atoms with E-state index in [0.29, 0.717) is 0 Å². The molecule has 11 heavy (non-hydrogen) atoms. The molecule has 0 saturated carbocycles. The molecule has 0 aliphatic rings. The first-order valence-corrected chi connectivity index (χ1v) is 4.63. The molecule has 0 aliphatic carbocycles. The minimum atomic E-state index is -3.15. The van der Waals surface area contributed by atoms with Gasteiger partial charge in [0.2, 0.25) is 0 Å². The van der Waals surface area contributed by atoms with Crippen LogP contribution in [0.5, 0.6) is 0 Å². The van der Waals surface area contributed by atoms with Gasteiger partial charge in [-0.3, -0.25) is 9.36 Å². The third-order valence-electron chi connectivity index (χ3n) is 0.513. The van der Waals surface area contributed by atoms with Gasteiger partial charge >= 0.3 is 13.6 Å². The minimum absolute atomic E-state index is 0.278. The van der Waals surface area contributed by atoms with Crippen molar-refractivity contribution in [1.29, 1.82) is 0 Å². The van der Waals surface area contributed by atoms with Gasteiger partial charge < -0.3 is 20.3 Å². The van der Waals surface area contributed by atoms with Crippen LogP contribution in [0.15, 0.2) is 0 Å². The average Bonchev–Trinajstić information content (AvgIpc) is 1.88. The second-order valence-electron chi connectivity index (χ2n) is 1.58. The van der Waals surface area contributed by atoms with Gasteiger partial charge in [-0.05, 0) is 0 Å². The fourth-order valence-corrected chi connectivity index (χ4v) is 0. The molecule has 1 unspecified atom stereocenters. The monoisotopic (exact) mass is 185 g/mol. The van der Waals surface area contributed by atoms with Gasteiger partial charge in [0, 0.05) is 13.8 Å². The average molecular weight is 185 g/mol. The van der Waals surface area contributed by atoms with E-state index >= 15 is 0 Å². The highest BCUT2D eigenvalue weighted by molar-refractivity contribution is 7.51. The van der Waals surface area contributed by atoms with Crippen molar-refractivity contribution in [2.45, 2.75) is 0 Å². The van der Waals surface area contributed by atoms with Gasteiger partial charge in [0.05, 0.1) is 6.54 Å². The molecule has 0 aromatic heterocycles. The van der Waals surface area contributed by atoms with Gasteiger partial charge in [0.25, 0.3) is 0 Å². The Morgan fingerprint density at radius 1 is 1.73 bits per heavy atom. The molecular weight excluding hydrogens is 173 g/mol. The van der Waals surface area contributed by atoms with Gasteiger partial charge in [-0.25, -0.2) is 0 Å². The van der Waals surface area contributed by atoms with Crippen molar-refractivity contribution >= 4 is 13.6 Å². The van der Waals surface area contributed by atoms with Crippen molar-refractivity contribution in [1.82, 2.24) is 0 Å². The molecule has 6 nitrogen and oxygen atoms in total. The van der Waals surface area contributed by atoms with Gasteiger partial charge in [0.15, 0.2) is 0 Å². The van der Waals surface area contributed by atoms with Gasteiger partial charge in [-0.2, -0.15) is 0 Å². The van der Waals surface area contributed by atoms with E-state index in [4.69, 9.17) is 10.00 Å². The second kappa shape index (κ2) is 6.30. The normalized spacial score (nSPS) is 14.2. The molecule has 0 amide bonds.